The number of likely N-dealkylation sites (tertiary alicyclic amines) is 1. The Labute approximate surface area is 227 Å². The molecule has 208 valence electrons. The summed E-state index contributed by atoms with van der Waals surface area (Å²) in [5, 5.41) is 3.30. The number of rotatable bonds is 7. The maximum Gasteiger partial charge on any atom is 0.149 e. The Morgan fingerprint density at radius 3 is 2.51 bits per heavy atom. The summed E-state index contributed by atoms with van der Waals surface area (Å²) >= 11 is 0. The molecule has 10 heteroatoms. The van der Waals surface area contributed by atoms with Gasteiger partial charge in [0.15, 0.2) is 0 Å². The average molecular weight is 541 g/mol. The summed E-state index contributed by atoms with van der Waals surface area (Å²) in [5.74, 6) is -2.09. The third-order valence-electron chi connectivity index (χ3n) is 7.42. The summed E-state index contributed by atoms with van der Waals surface area (Å²) in [6, 6.07) is 6.90. The van der Waals surface area contributed by atoms with Crippen molar-refractivity contribution in [3.63, 3.8) is 0 Å². The first-order valence-corrected chi connectivity index (χ1v) is 13.4. The Morgan fingerprint density at radius 1 is 1.05 bits per heavy atom. The Hall–Kier alpha value is -3.37. The molecule has 39 heavy (non-hydrogen) atoms. The molecule has 0 aliphatic carbocycles. The minimum Gasteiger partial charge on any atom is -0.490 e. The Bertz CT molecular complexity index is 1270. The van der Waals surface area contributed by atoms with E-state index < -0.39 is 23.0 Å². The summed E-state index contributed by atoms with van der Waals surface area (Å²) in [7, 11) is 2.02. The highest BCUT2D eigenvalue weighted by atomic mass is 19.1. The summed E-state index contributed by atoms with van der Waals surface area (Å²) < 4.78 is 50.9. The van der Waals surface area contributed by atoms with E-state index in [4.69, 9.17) is 10.5 Å². The normalized spacial score (nSPS) is 20.7. The highest BCUT2D eigenvalue weighted by Gasteiger charge is 2.25. The molecule has 2 saturated heterocycles. The second-order valence-corrected chi connectivity index (χ2v) is 10.8. The second-order valence-electron chi connectivity index (χ2n) is 10.8. The van der Waals surface area contributed by atoms with E-state index in [0.29, 0.717) is 11.6 Å². The molecule has 1 aromatic carbocycles. The molecule has 0 spiro atoms. The van der Waals surface area contributed by atoms with Crippen LogP contribution >= 0.6 is 0 Å². The van der Waals surface area contributed by atoms with Crippen LogP contribution in [0.15, 0.2) is 42.7 Å². The number of hydrogen-bond donors (Lipinski definition) is 2. The van der Waals surface area contributed by atoms with E-state index >= 15 is 8.78 Å². The zero-order chi connectivity index (χ0) is 27.5. The molecule has 3 N–H and O–H groups in total. The van der Waals surface area contributed by atoms with Crippen molar-refractivity contribution in [2.75, 3.05) is 43.4 Å². The van der Waals surface area contributed by atoms with Gasteiger partial charge in [0.1, 0.15) is 35.0 Å². The number of piperidine rings is 2. The highest BCUT2D eigenvalue weighted by molar-refractivity contribution is 5.69. The van der Waals surface area contributed by atoms with Crippen LogP contribution in [0.2, 0.25) is 0 Å². The monoisotopic (exact) mass is 540 g/mol. The van der Waals surface area contributed by atoms with Gasteiger partial charge in [-0.1, -0.05) is 6.92 Å². The second kappa shape index (κ2) is 11.8. The number of nitrogens with two attached hydrogens (primary N) is 1. The standard InChI is InChI=1S/C29H35F3N6O/c1-18-11-19(33)17-38(16-18)27-5-8-34-15-26(27)35-14-20-3-4-23(30)29(36-20)28-24(31)12-22(13-25(28)32)39-21-6-9-37(2)10-7-21/h3-5,8,12-13,15,18-19,21,35H,6-7,9-11,14,16-17,33H2,1-2H3/t18-,19+/m1/s1. The summed E-state index contributed by atoms with van der Waals surface area (Å²) in [4.78, 5) is 12.9. The van der Waals surface area contributed by atoms with E-state index in [1.54, 1.807) is 12.4 Å². The molecule has 4 heterocycles. The van der Waals surface area contributed by atoms with Crippen LogP contribution in [0.3, 0.4) is 0 Å². The van der Waals surface area contributed by atoms with Crippen molar-refractivity contribution in [3.05, 3.63) is 65.9 Å². The fourth-order valence-electron chi connectivity index (χ4n) is 5.48. The van der Waals surface area contributed by atoms with Crippen LogP contribution in [0, 0.1) is 23.4 Å². The summed E-state index contributed by atoms with van der Waals surface area (Å²) in [6.45, 7) is 5.71. The smallest absolute Gasteiger partial charge is 0.149 e. The number of aromatic nitrogens is 2. The molecular formula is C29H35F3N6O. The van der Waals surface area contributed by atoms with Gasteiger partial charge in [0.05, 0.1) is 35.4 Å². The fraction of sp³-hybridized carbons (Fsp3) is 0.448. The predicted molar refractivity (Wildman–Crippen MR) is 146 cm³/mol. The zero-order valence-corrected chi connectivity index (χ0v) is 22.3. The lowest BCUT2D eigenvalue weighted by Gasteiger charge is -2.37. The maximum absolute atomic E-state index is 15.1. The summed E-state index contributed by atoms with van der Waals surface area (Å²) in [5.41, 5.74) is 7.53. The molecule has 0 unspecified atom stereocenters. The molecule has 2 atom stereocenters. The van der Waals surface area contributed by atoms with Gasteiger partial charge in [-0.2, -0.15) is 0 Å². The van der Waals surface area contributed by atoms with Gasteiger partial charge in [0.25, 0.3) is 0 Å². The van der Waals surface area contributed by atoms with Crippen molar-refractivity contribution in [1.82, 2.24) is 14.9 Å². The number of ether oxygens (including phenoxy) is 1. The number of hydrogen-bond acceptors (Lipinski definition) is 7. The minimum atomic E-state index is -0.917. The van der Waals surface area contributed by atoms with E-state index in [1.807, 2.05) is 13.1 Å². The van der Waals surface area contributed by atoms with Crippen molar-refractivity contribution in [3.8, 4) is 17.0 Å². The quantitative estimate of drug-likeness (QED) is 0.445. The van der Waals surface area contributed by atoms with E-state index in [1.165, 1.54) is 12.1 Å². The van der Waals surface area contributed by atoms with Crippen LogP contribution in [0.25, 0.3) is 11.3 Å². The first kappa shape index (κ1) is 27.2. The molecule has 0 amide bonds. The SMILES string of the molecule is C[C@@H]1C[C@H](N)CN(c2ccncc2NCc2ccc(F)c(-c3c(F)cc(OC4CCN(C)CC4)cc3F)n2)C1. The number of nitrogens with one attached hydrogen (secondary N) is 1. The molecule has 0 saturated carbocycles. The molecule has 2 aliphatic rings. The van der Waals surface area contributed by atoms with Crippen molar-refractivity contribution in [1.29, 1.82) is 0 Å². The molecular weight excluding hydrogens is 505 g/mol. The van der Waals surface area contributed by atoms with Gasteiger partial charge < -0.3 is 25.6 Å². The molecule has 2 aliphatic heterocycles. The first-order valence-electron chi connectivity index (χ1n) is 13.4. The molecule has 0 radical (unpaired) electrons. The summed E-state index contributed by atoms with van der Waals surface area (Å²) in [6.07, 6.45) is 5.85. The molecule has 7 nitrogen and oxygen atoms in total. The van der Waals surface area contributed by atoms with Crippen molar-refractivity contribution in [2.24, 2.45) is 11.7 Å². The van der Waals surface area contributed by atoms with Gasteiger partial charge in [0.2, 0.25) is 0 Å². The van der Waals surface area contributed by atoms with Crippen LogP contribution in [-0.2, 0) is 6.54 Å². The third kappa shape index (κ3) is 6.45. The number of halogens is 3. The van der Waals surface area contributed by atoms with E-state index in [2.05, 4.69) is 32.0 Å². The van der Waals surface area contributed by atoms with Crippen LogP contribution in [-0.4, -0.2) is 60.2 Å². The topological polar surface area (TPSA) is 79.5 Å². The molecule has 3 aromatic rings. The molecule has 2 fully saturated rings. The van der Waals surface area contributed by atoms with E-state index in [0.717, 1.165) is 68.9 Å². The molecule has 0 bridgehead atoms. The van der Waals surface area contributed by atoms with Crippen LogP contribution in [0.5, 0.6) is 5.75 Å². The predicted octanol–water partition coefficient (Wildman–Crippen LogP) is 4.82. The Balaban J connectivity index is 1.33. The highest BCUT2D eigenvalue weighted by Crippen LogP contribution is 2.33. The fourth-order valence-corrected chi connectivity index (χ4v) is 5.48. The molecule has 5 rings (SSSR count). The van der Waals surface area contributed by atoms with Gasteiger partial charge in [-0.3, -0.25) is 4.98 Å². The van der Waals surface area contributed by atoms with Crippen molar-refractivity contribution in [2.45, 2.75) is 44.9 Å². The zero-order valence-electron chi connectivity index (χ0n) is 22.3. The van der Waals surface area contributed by atoms with Crippen LogP contribution < -0.4 is 20.7 Å². The number of benzene rings is 1. The lowest BCUT2D eigenvalue weighted by Crippen LogP contribution is -2.46. The lowest BCUT2D eigenvalue weighted by molar-refractivity contribution is 0.113. The van der Waals surface area contributed by atoms with Gasteiger partial charge >= 0.3 is 0 Å². The molecule has 2 aromatic heterocycles. The van der Waals surface area contributed by atoms with Gasteiger partial charge in [0, 0.05) is 50.6 Å². The Kier molecular flexibility index (Phi) is 8.23. The van der Waals surface area contributed by atoms with E-state index in [9.17, 15) is 4.39 Å². The van der Waals surface area contributed by atoms with Gasteiger partial charge in [-0.15, -0.1) is 0 Å². The van der Waals surface area contributed by atoms with Crippen molar-refractivity contribution >= 4 is 11.4 Å². The average Bonchev–Trinajstić information content (AvgIpc) is 2.89. The van der Waals surface area contributed by atoms with Crippen LogP contribution in [0.4, 0.5) is 24.5 Å². The van der Waals surface area contributed by atoms with Crippen molar-refractivity contribution < 1.29 is 17.9 Å². The maximum atomic E-state index is 15.1. The third-order valence-corrected chi connectivity index (χ3v) is 7.42. The van der Waals surface area contributed by atoms with Gasteiger partial charge in [-0.05, 0) is 50.4 Å². The number of anilines is 2. The number of nitrogens with zero attached hydrogens (tertiary/aromatic N) is 4. The lowest BCUT2D eigenvalue weighted by atomic mass is 9.96. The van der Waals surface area contributed by atoms with Gasteiger partial charge in [-0.25, -0.2) is 18.2 Å². The van der Waals surface area contributed by atoms with E-state index in [-0.39, 0.29) is 30.1 Å². The number of pyridine rings is 2. The Morgan fingerprint density at radius 2 is 1.79 bits per heavy atom. The minimum absolute atomic E-state index is 0.0852. The largest absolute Gasteiger partial charge is 0.490 e. The van der Waals surface area contributed by atoms with Crippen LogP contribution in [0.1, 0.15) is 31.9 Å². The first-order chi connectivity index (χ1) is 18.8.